The molecule has 0 aromatic carbocycles. The van der Waals surface area contributed by atoms with E-state index in [1.54, 1.807) is 7.11 Å². The Hall–Kier alpha value is -0.380. The van der Waals surface area contributed by atoms with E-state index in [0.717, 1.165) is 25.7 Å². The minimum atomic E-state index is -0.564. The number of carbonyl (C=O) groups excluding carboxylic acids is 1. The number of allylic oxidation sites excluding steroid dienone is 1. The molecule has 1 N–H and O–H groups in total. The Morgan fingerprint density at radius 2 is 1.92 bits per heavy atom. The molecule has 3 fully saturated rings. The zero-order valence-corrected chi connectivity index (χ0v) is 17.7. The lowest BCUT2D eigenvalue weighted by Gasteiger charge is -2.61. The average Bonchev–Trinajstić information content (AvgIpc) is 3.02. The van der Waals surface area contributed by atoms with Crippen molar-refractivity contribution in [3.05, 3.63) is 11.6 Å². The zero-order valence-electron chi connectivity index (χ0n) is 16.9. The fourth-order valence-corrected chi connectivity index (χ4v) is 7.11. The fourth-order valence-electron chi connectivity index (χ4n) is 7.02. The van der Waals surface area contributed by atoms with Crippen molar-refractivity contribution in [3.8, 4) is 0 Å². The first-order chi connectivity index (χ1) is 12.2. The Bertz CT molecular complexity index is 590. The molecule has 3 rings (SSSR count). The molecule has 8 atom stereocenters. The smallest absolute Gasteiger partial charge is 0.142 e. The van der Waals surface area contributed by atoms with Crippen LogP contribution in [0.4, 0.5) is 0 Å². The predicted molar refractivity (Wildman–Crippen MR) is 105 cm³/mol. The molecule has 0 aliphatic heterocycles. The van der Waals surface area contributed by atoms with Crippen LogP contribution in [-0.4, -0.2) is 30.2 Å². The molecule has 3 aliphatic carbocycles. The molecule has 148 valence electrons. The molecule has 4 heteroatoms. The number of Topliss-reactive ketones (excluding diaryl/α,β-unsaturated/α-hetero) is 1. The lowest BCUT2D eigenvalue weighted by Crippen LogP contribution is -2.62. The second-order valence-corrected chi connectivity index (χ2v) is 10.0. The maximum atomic E-state index is 13.7. The zero-order chi connectivity index (χ0) is 19.3. The van der Waals surface area contributed by atoms with Crippen molar-refractivity contribution >= 4 is 17.4 Å². The van der Waals surface area contributed by atoms with Gasteiger partial charge in [-0.3, -0.25) is 4.79 Å². The highest BCUT2D eigenvalue weighted by Crippen LogP contribution is 2.68. The Morgan fingerprint density at radius 3 is 2.54 bits per heavy atom. The summed E-state index contributed by atoms with van der Waals surface area (Å²) in [5.74, 6) is 0.941. The van der Waals surface area contributed by atoms with Gasteiger partial charge in [0, 0.05) is 29.4 Å². The molecule has 2 bridgehead atoms. The van der Waals surface area contributed by atoms with Crippen molar-refractivity contribution < 1.29 is 14.6 Å². The van der Waals surface area contributed by atoms with Gasteiger partial charge in [-0.2, -0.15) is 0 Å². The Balaban J connectivity index is 2.15. The van der Waals surface area contributed by atoms with Gasteiger partial charge in [0.25, 0.3) is 0 Å². The first-order valence-corrected chi connectivity index (χ1v) is 10.6. The fraction of sp³-hybridized carbons (Fsp3) is 0.864. The van der Waals surface area contributed by atoms with Gasteiger partial charge in [-0.1, -0.05) is 45.4 Å². The van der Waals surface area contributed by atoms with E-state index >= 15 is 0 Å². The molecule has 3 saturated carbocycles. The molecule has 3 nitrogen and oxygen atoms in total. The molecule has 2 unspecified atom stereocenters. The van der Waals surface area contributed by atoms with Crippen molar-refractivity contribution in [2.45, 2.75) is 78.4 Å². The van der Waals surface area contributed by atoms with Gasteiger partial charge in [0.15, 0.2) is 0 Å². The van der Waals surface area contributed by atoms with Crippen molar-refractivity contribution in [2.75, 3.05) is 7.11 Å². The van der Waals surface area contributed by atoms with Gasteiger partial charge < -0.3 is 9.84 Å². The number of rotatable bonds is 3. The van der Waals surface area contributed by atoms with E-state index in [0.29, 0.717) is 24.5 Å². The van der Waals surface area contributed by atoms with Crippen molar-refractivity contribution in [1.29, 1.82) is 0 Å². The highest BCUT2D eigenvalue weighted by Gasteiger charge is 2.67. The standard InChI is InChI=1S/C22H35ClO3/c1-14-7-10-22-11-8-16(26-5)18(22)21(14,4)17(24)13-20(3,9-6-12-23)19(25)15(22)2/h6,12,14-18,24H,7-11,13H2,1-5H3/t14-,15+,16-,17-,18?,20-,21+,22?/m1/s1. The first kappa shape index (κ1) is 20.4. The maximum Gasteiger partial charge on any atom is 0.142 e. The van der Waals surface area contributed by atoms with Crippen molar-refractivity contribution in [1.82, 2.24) is 0 Å². The summed E-state index contributed by atoms with van der Waals surface area (Å²) in [6, 6.07) is 0. The summed E-state index contributed by atoms with van der Waals surface area (Å²) < 4.78 is 5.92. The number of aliphatic hydroxyl groups is 1. The number of ether oxygens (including phenoxy) is 1. The Kier molecular flexibility index (Phi) is 5.40. The lowest BCUT2D eigenvalue weighted by atomic mass is 9.44. The molecule has 0 aromatic heterocycles. The third-order valence-electron chi connectivity index (χ3n) is 8.83. The van der Waals surface area contributed by atoms with E-state index in [1.807, 2.05) is 13.0 Å². The third kappa shape index (κ3) is 2.64. The largest absolute Gasteiger partial charge is 0.393 e. The molecular formula is C22H35ClO3. The van der Waals surface area contributed by atoms with Crippen LogP contribution in [0.5, 0.6) is 0 Å². The normalized spacial score (nSPS) is 52.0. The van der Waals surface area contributed by atoms with Gasteiger partial charge in [-0.25, -0.2) is 0 Å². The van der Waals surface area contributed by atoms with Crippen molar-refractivity contribution in [3.63, 3.8) is 0 Å². The van der Waals surface area contributed by atoms with Gasteiger partial charge in [-0.05, 0) is 55.8 Å². The average molecular weight is 383 g/mol. The molecular weight excluding hydrogens is 348 g/mol. The van der Waals surface area contributed by atoms with Crippen LogP contribution in [0.25, 0.3) is 0 Å². The van der Waals surface area contributed by atoms with E-state index < -0.39 is 11.5 Å². The quantitative estimate of drug-likeness (QED) is 0.750. The van der Waals surface area contributed by atoms with Gasteiger partial charge in [0.2, 0.25) is 0 Å². The molecule has 0 heterocycles. The van der Waals surface area contributed by atoms with Gasteiger partial charge >= 0.3 is 0 Å². The predicted octanol–water partition coefficient (Wildman–Crippen LogP) is 4.95. The van der Waals surface area contributed by atoms with E-state index in [9.17, 15) is 9.90 Å². The molecule has 0 spiro atoms. The maximum absolute atomic E-state index is 13.7. The van der Waals surface area contributed by atoms with Crippen LogP contribution in [0.15, 0.2) is 11.6 Å². The van der Waals surface area contributed by atoms with E-state index in [2.05, 4.69) is 20.8 Å². The van der Waals surface area contributed by atoms with Crippen LogP contribution in [-0.2, 0) is 9.53 Å². The number of aliphatic hydroxyl groups excluding tert-OH is 1. The highest BCUT2D eigenvalue weighted by atomic mass is 35.5. The van der Waals surface area contributed by atoms with E-state index in [4.69, 9.17) is 16.3 Å². The number of ketones is 1. The number of halogens is 1. The first-order valence-electron chi connectivity index (χ1n) is 10.2. The number of methoxy groups -OCH3 is 1. The lowest BCUT2D eigenvalue weighted by molar-refractivity contribution is -0.191. The monoisotopic (exact) mass is 382 g/mol. The van der Waals surface area contributed by atoms with Gasteiger partial charge in [0.05, 0.1) is 12.2 Å². The van der Waals surface area contributed by atoms with Crippen LogP contribution in [0.1, 0.15) is 66.2 Å². The number of hydrogen-bond donors (Lipinski definition) is 1. The van der Waals surface area contributed by atoms with Crippen LogP contribution in [0.2, 0.25) is 0 Å². The summed E-state index contributed by atoms with van der Waals surface area (Å²) in [7, 11) is 1.79. The summed E-state index contributed by atoms with van der Waals surface area (Å²) in [4.78, 5) is 13.7. The second kappa shape index (κ2) is 6.90. The SMILES string of the molecule is CO[C@@H]1CCC23CC[C@@H](C)[C@](C)(C12)[C@H](O)C[C@@](C)(CC=CCl)C(=O)[C@@H]3C. The van der Waals surface area contributed by atoms with Crippen LogP contribution in [0, 0.1) is 34.0 Å². The molecule has 26 heavy (non-hydrogen) atoms. The minimum Gasteiger partial charge on any atom is -0.393 e. The minimum absolute atomic E-state index is 0.0132. The number of hydrogen-bond acceptors (Lipinski definition) is 3. The van der Waals surface area contributed by atoms with Gasteiger partial charge in [-0.15, -0.1) is 0 Å². The topological polar surface area (TPSA) is 46.5 Å². The molecule has 0 amide bonds. The summed E-state index contributed by atoms with van der Waals surface area (Å²) >= 11 is 5.78. The summed E-state index contributed by atoms with van der Waals surface area (Å²) in [5.41, 5.74) is 0.658. The van der Waals surface area contributed by atoms with E-state index in [-0.39, 0.29) is 28.8 Å². The number of carbonyl (C=O) groups is 1. The summed E-state index contributed by atoms with van der Waals surface area (Å²) in [5, 5.41) is 11.5. The molecule has 0 aromatic rings. The summed E-state index contributed by atoms with van der Waals surface area (Å²) in [6.07, 6.45) is 6.75. The third-order valence-corrected chi connectivity index (χ3v) is 9.01. The molecule has 0 radical (unpaired) electrons. The second-order valence-electron chi connectivity index (χ2n) is 9.76. The molecule has 0 saturated heterocycles. The van der Waals surface area contributed by atoms with Crippen LogP contribution < -0.4 is 0 Å². The molecule has 3 aliphatic rings. The highest BCUT2D eigenvalue weighted by molar-refractivity contribution is 6.25. The Labute approximate surface area is 163 Å². The van der Waals surface area contributed by atoms with Crippen molar-refractivity contribution in [2.24, 2.45) is 34.0 Å². The van der Waals surface area contributed by atoms with Crippen LogP contribution in [0.3, 0.4) is 0 Å². The summed E-state index contributed by atoms with van der Waals surface area (Å²) in [6.45, 7) is 8.71. The Morgan fingerprint density at radius 1 is 1.27 bits per heavy atom. The van der Waals surface area contributed by atoms with E-state index in [1.165, 1.54) is 5.54 Å². The van der Waals surface area contributed by atoms with Gasteiger partial charge in [0.1, 0.15) is 5.78 Å². The van der Waals surface area contributed by atoms with Crippen LogP contribution >= 0.6 is 11.6 Å².